The zero-order valence-corrected chi connectivity index (χ0v) is 21.3. The first-order valence-electron chi connectivity index (χ1n) is 12.7. The fourth-order valence-electron chi connectivity index (χ4n) is 5.60. The van der Waals surface area contributed by atoms with E-state index in [-0.39, 0.29) is 6.79 Å². The molecule has 0 aromatic heterocycles. The fraction of sp³-hybridized carbons (Fsp3) is 0.333. The van der Waals surface area contributed by atoms with Crippen LogP contribution in [0.1, 0.15) is 59.4 Å². The van der Waals surface area contributed by atoms with Crippen molar-refractivity contribution >= 4 is 11.9 Å². The lowest BCUT2D eigenvalue weighted by Crippen LogP contribution is -2.24. The highest BCUT2D eigenvalue weighted by Gasteiger charge is 2.47. The maximum atomic E-state index is 13.0. The largest absolute Gasteiger partial charge is 0.497 e. The molecule has 1 aliphatic carbocycles. The minimum Gasteiger partial charge on any atom is -0.497 e. The summed E-state index contributed by atoms with van der Waals surface area (Å²) < 4.78 is 22.1. The minimum absolute atomic E-state index is 0.127. The number of carboxylic acid groups (broad SMARTS) is 2. The number of hydrogen-bond donors (Lipinski definition) is 2. The van der Waals surface area contributed by atoms with Crippen LogP contribution in [0.5, 0.6) is 23.0 Å². The Hall–Kier alpha value is -4.20. The standard InChI is InChI=1S/C30H30O8/c1-3-4-5-17-6-9-20-22(12-17)28(21-10-8-19(35-2)14-24(21)36-15-26(31)32)29(30(33)34)27(20)18-7-11-23-25(13-18)38-16-37-23/h6-14,27-29H,3-5,15-16H2,1-2H3,(H,31,32)(H,33,34). The maximum Gasteiger partial charge on any atom is 0.341 e. The highest BCUT2D eigenvalue weighted by molar-refractivity contribution is 5.78. The first-order valence-corrected chi connectivity index (χ1v) is 12.7. The number of fused-ring (bicyclic) bond motifs is 2. The predicted molar refractivity (Wildman–Crippen MR) is 139 cm³/mol. The van der Waals surface area contributed by atoms with Crippen LogP contribution in [0.4, 0.5) is 0 Å². The van der Waals surface area contributed by atoms with Gasteiger partial charge in [-0.25, -0.2) is 4.79 Å². The second-order valence-corrected chi connectivity index (χ2v) is 9.59. The molecule has 0 radical (unpaired) electrons. The molecule has 38 heavy (non-hydrogen) atoms. The lowest BCUT2D eigenvalue weighted by molar-refractivity contribution is -0.142. The van der Waals surface area contributed by atoms with Crippen LogP contribution in [0.3, 0.4) is 0 Å². The third-order valence-corrected chi connectivity index (χ3v) is 7.31. The zero-order chi connectivity index (χ0) is 26.8. The smallest absolute Gasteiger partial charge is 0.341 e. The first-order chi connectivity index (χ1) is 18.4. The van der Waals surface area contributed by atoms with Crippen LogP contribution in [-0.2, 0) is 16.0 Å². The van der Waals surface area contributed by atoms with Gasteiger partial charge < -0.3 is 29.2 Å². The van der Waals surface area contributed by atoms with Gasteiger partial charge in [-0.1, -0.05) is 43.7 Å². The molecule has 1 heterocycles. The van der Waals surface area contributed by atoms with Crippen LogP contribution >= 0.6 is 0 Å². The summed E-state index contributed by atoms with van der Waals surface area (Å²) in [4.78, 5) is 24.3. The molecule has 0 saturated carbocycles. The Morgan fingerprint density at radius 2 is 1.71 bits per heavy atom. The summed E-state index contributed by atoms with van der Waals surface area (Å²) in [5.41, 5.74) is 4.37. The van der Waals surface area contributed by atoms with Crippen molar-refractivity contribution in [2.24, 2.45) is 5.92 Å². The Labute approximate surface area is 220 Å². The summed E-state index contributed by atoms with van der Waals surface area (Å²) >= 11 is 0. The van der Waals surface area contributed by atoms with E-state index in [1.165, 1.54) is 7.11 Å². The molecule has 0 amide bonds. The maximum absolute atomic E-state index is 13.0. The van der Waals surface area contributed by atoms with Gasteiger partial charge in [-0.05, 0) is 53.3 Å². The minimum atomic E-state index is -1.12. The van der Waals surface area contributed by atoms with Crippen molar-refractivity contribution in [3.05, 3.63) is 82.4 Å². The second-order valence-electron chi connectivity index (χ2n) is 9.59. The third kappa shape index (κ3) is 4.74. The van der Waals surface area contributed by atoms with Gasteiger partial charge in [-0.3, -0.25) is 4.79 Å². The molecule has 8 heteroatoms. The average molecular weight is 519 g/mol. The Morgan fingerprint density at radius 1 is 0.921 bits per heavy atom. The van der Waals surface area contributed by atoms with Gasteiger partial charge in [0, 0.05) is 23.5 Å². The van der Waals surface area contributed by atoms with E-state index in [1.807, 2.05) is 24.3 Å². The lowest BCUT2D eigenvalue weighted by Gasteiger charge is -2.24. The molecule has 1 aliphatic heterocycles. The number of carboxylic acids is 2. The monoisotopic (exact) mass is 518 g/mol. The number of rotatable bonds is 10. The molecule has 2 N–H and O–H groups in total. The van der Waals surface area contributed by atoms with Gasteiger partial charge in [0.05, 0.1) is 13.0 Å². The Kier molecular flexibility index (Phi) is 7.13. The van der Waals surface area contributed by atoms with Crippen molar-refractivity contribution in [2.75, 3.05) is 20.5 Å². The molecule has 0 fully saturated rings. The van der Waals surface area contributed by atoms with E-state index < -0.39 is 36.3 Å². The van der Waals surface area contributed by atoms with Crippen molar-refractivity contribution in [3.8, 4) is 23.0 Å². The number of carbonyl (C=O) groups is 2. The molecule has 3 aromatic carbocycles. The van der Waals surface area contributed by atoms with Gasteiger partial charge in [-0.2, -0.15) is 0 Å². The van der Waals surface area contributed by atoms with Crippen molar-refractivity contribution in [1.29, 1.82) is 0 Å². The van der Waals surface area contributed by atoms with Gasteiger partial charge in [0.1, 0.15) is 11.5 Å². The highest BCUT2D eigenvalue weighted by atomic mass is 16.7. The molecule has 2 aliphatic rings. The molecule has 8 nitrogen and oxygen atoms in total. The Morgan fingerprint density at radius 3 is 2.45 bits per heavy atom. The number of methoxy groups -OCH3 is 1. The summed E-state index contributed by atoms with van der Waals surface area (Å²) in [6.45, 7) is 1.71. The van der Waals surface area contributed by atoms with E-state index in [9.17, 15) is 19.8 Å². The van der Waals surface area contributed by atoms with Crippen LogP contribution in [0.15, 0.2) is 54.6 Å². The molecule has 3 aromatic rings. The van der Waals surface area contributed by atoms with E-state index >= 15 is 0 Å². The van der Waals surface area contributed by atoms with E-state index in [1.54, 1.807) is 18.2 Å². The van der Waals surface area contributed by atoms with Crippen molar-refractivity contribution in [2.45, 2.75) is 38.0 Å². The number of aryl methyl sites for hydroxylation is 1. The van der Waals surface area contributed by atoms with Crippen LogP contribution in [0, 0.1) is 5.92 Å². The molecule has 198 valence electrons. The second kappa shape index (κ2) is 10.7. The summed E-state index contributed by atoms with van der Waals surface area (Å²) in [6, 6.07) is 16.9. The average Bonchev–Trinajstić information content (AvgIpc) is 3.52. The Balaban J connectivity index is 1.69. The zero-order valence-electron chi connectivity index (χ0n) is 21.3. The highest BCUT2D eigenvalue weighted by Crippen LogP contribution is 2.55. The molecule has 0 saturated heterocycles. The number of benzene rings is 3. The number of unbranched alkanes of at least 4 members (excludes halogenated alkanes) is 1. The van der Waals surface area contributed by atoms with Crippen LogP contribution < -0.4 is 18.9 Å². The molecule has 3 atom stereocenters. The van der Waals surface area contributed by atoms with Gasteiger partial charge >= 0.3 is 11.9 Å². The van der Waals surface area contributed by atoms with Crippen LogP contribution in [0.25, 0.3) is 0 Å². The quantitative estimate of drug-likeness (QED) is 0.376. The van der Waals surface area contributed by atoms with Gasteiger partial charge in [0.2, 0.25) is 6.79 Å². The molecule has 5 rings (SSSR count). The number of aliphatic carboxylic acids is 2. The summed E-state index contributed by atoms with van der Waals surface area (Å²) in [5, 5.41) is 19.9. The molecule has 0 spiro atoms. The Bertz CT molecular complexity index is 1360. The summed E-state index contributed by atoms with van der Waals surface area (Å²) in [7, 11) is 1.51. The molecule has 0 bridgehead atoms. The third-order valence-electron chi connectivity index (χ3n) is 7.31. The van der Waals surface area contributed by atoms with Crippen molar-refractivity contribution < 1.29 is 38.7 Å². The topological polar surface area (TPSA) is 112 Å². The van der Waals surface area contributed by atoms with E-state index in [0.29, 0.717) is 28.6 Å². The number of ether oxygens (including phenoxy) is 4. The molecular weight excluding hydrogens is 488 g/mol. The van der Waals surface area contributed by atoms with Crippen molar-refractivity contribution in [1.82, 2.24) is 0 Å². The lowest BCUT2D eigenvalue weighted by atomic mass is 9.79. The molecule has 3 unspecified atom stereocenters. The van der Waals surface area contributed by atoms with Gasteiger partial charge in [0.25, 0.3) is 0 Å². The van der Waals surface area contributed by atoms with Crippen LogP contribution in [-0.4, -0.2) is 42.7 Å². The summed E-state index contributed by atoms with van der Waals surface area (Å²) in [6.07, 6.45) is 2.95. The van der Waals surface area contributed by atoms with Crippen LogP contribution in [0.2, 0.25) is 0 Å². The van der Waals surface area contributed by atoms with E-state index in [0.717, 1.165) is 41.5 Å². The SMILES string of the molecule is CCCCc1ccc2c(c1)C(c1ccc(OC)cc1OCC(=O)O)C(C(=O)O)C2c1ccc2c(c1)OCO2. The number of hydrogen-bond acceptors (Lipinski definition) is 6. The normalized spacial score (nSPS) is 19.2. The van der Waals surface area contributed by atoms with E-state index in [2.05, 4.69) is 19.1 Å². The van der Waals surface area contributed by atoms with Gasteiger partial charge in [0.15, 0.2) is 18.1 Å². The first kappa shape index (κ1) is 25.4. The van der Waals surface area contributed by atoms with Crippen molar-refractivity contribution in [3.63, 3.8) is 0 Å². The van der Waals surface area contributed by atoms with E-state index in [4.69, 9.17) is 18.9 Å². The van der Waals surface area contributed by atoms with Gasteiger partial charge in [-0.15, -0.1) is 0 Å². The fourth-order valence-corrected chi connectivity index (χ4v) is 5.60. The predicted octanol–water partition coefficient (Wildman–Crippen LogP) is 5.21. The summed E-state index contributed by atoms with van der Waals surface area (Å²) in [5.74, 6) is -1.99. The molecular formula is C30H30O8.